The van der Waals surface area contributed by atoms with E-state index >= 15 is 0 Å². The first-order valence-corrected chi connectivity index (χ1v) is 8.35. The molecule has 2 N–H and O–H groups in total. The van der Waals surface area contributed by atoms with E-state index in [1.54, 1.807) is 0 Å². The number of hydrogen-bond acceptors (Lipinski definition) is 5. The van der Waals surface area contributed by atoms with Crippen LogP contribution in [0.1, 0.15) is 5.56 Å². The summed E-state index contributed by atoms with van der Waals surface area (Å²) in [6, 6.07) is 18.8. The number of thiazole rings is 1. The summed E-state index contributed by atoms with van der Waals surface area (Å²) in [5.41, 5.74) is 8.29. The highest BCUT2D eigenvalue weighted by Crippen LogP contribution is 2.27. The average molecular weight is 336 g/mol. The second-order valence-corrected chi connectivity index (χ2v) is 6.04. The first kappa shape index (κ1) is 16.0. The Hall–Kier alpha value is -2.86. The van der Waals surface area contributed by atoms with Crippen molar-refractivity contribution in [3.8, 4) is 11.3 Å². The Kier molecular flexibility index (Phi) is 5.08. The molecule has 5 nitrogen and oxygen atoms in total. The van der Waals surface area contributed by atoms with Gasteiger partial charge in [0.25, 0.3) is 0 Å². The summed E-state index contributed by atoms with van der Waals surface area (Å²) in [6.45, 7) is 0. The van der Waals surface area contributed by atoms with Crippen LogP contribution in [0.3, 0.4) is 0 Å². The minimum absolute atomic E-state index is 0.427. The third kappa shape index (κ3) is 4.11. The monoisotopic (exact) mass is 336 g/mol. The Labute approximate surface area is 143 Å². The van der Waals surface area contributed by atoms with Crippen LogP contribution in [-0.2, 0) is 11.2 Å². The van der Waals surface area contributed by atoms with Crippen molar-refractivity contribution in [2.24, 2.45) is 16.0 Å². The zero-order valence-corrected chi connectivity index (χ0v) is 13.7. The molecule has 6 heteroatoms. The van der Waals surface area contributed by atoms with Crippen molar-refractivity contribution in [3.05, 3.63) is 71.6 Å². The van der Waals surface area contributed by atoms with Gasteiger partial charge in [-0.1, -0.05) is 60.7 Å². The summed E-state index contributed by atoms with van der Waals surface area (Å²) in [5, 5.41) is 10.6. The number of aromatic nitrogens is 1. The molecular weight excluding hydrogens is 320 g/mol. The van der Waals surface area contributed by atoms with Crippen LogP contribution in [0.5, 0.6) is 0 Å². The Bertz CT molecular complexity index is 830. The van der Waals surface area contributed by atoms with Crippen molar-refractivity contribution in [2.75, 3.05) is 0 Å². The number of nitrogens with two attached hydrogens (primary N) is 1. The van der Waals surface area contributed by atoms with Crippen molar-refractivity contribution in [1.82, 2.24) is 4.98 Å². The van der Waals surface area contributed by atoms with E-state index < -0.39 is 11.9 Å². The van der Waals surface area contributed by atoms with Gasteiger partial charge in [-0.25, -0.2) is 4.98 Å². The van der Waals surface area contributed by atoms with Crippen molar-refractivity contribution < 1.29 is 4.79 Å². The second-order valence-electron chi connectivity index (χ2n) is 5.20. The normalized spacial score (nSPS) is 12.3. The van der Waals surface area contributed by atoms with Gasteiger partial charge in [0.15, 0.2) is 6.04 Å². The molecule has 24 heavy (non-hydrogen) atoms. The molecule has 0 aliphatic heterocycles. The third-order valence-electron chi connectivity index (χ3n) is 3.44. The van der Waals surface area contributed by atoms with Crippen molar-refractivity contribution in [3.63, 3.8) is 0 Å². The number of nitrogens with zero attached hydrogens (tertiary/aromatic N) is 3. The van der Waals surface area contributed by atoms with Crippen LogP contribution in [0.15, 0.2) is 76.3 Å². The highest BCUT2D eigenvalue weighted by Gasteiger charge is 2.15. The fourth-order valence-corrected chi connectivity index (χ4v) is 2.86. The van der Waals surface area contributed by atoms with Gasteiger partial charge in [0.1, 0.15) is 0 Å². The number of primary amides is 1. The summed E-state index contributed by atoms with van der Waals surface area (Å²) in [7, 11) is 0. The van der Waals surface area contributed by atoms with Crippen LogP contribution in [-0.4, -0.2) is 16.9 Å². The van der Waals surface area contributed by atoms with E-state index in [-0.39, 0.29) is 0 Å². The van der Waals surface area contributed by atoms with E-state index in [9.17, 15) is 4.79 Å². The quantitative estimate of drug-likeness (QED) is 0.691. The molecule has 1 unspecified atom stereocenters. The SMILES string of the molecule is NC(=O)C(Cc1ccccc1)N=Nc1nc(-c2ccccc2)cs1. The lowest BCUT2D eigenvalue weighted by Crippen LogP contribution is -2.28. The minimum Gasteiger partial charge on any atom is -0.368 e. The Morgan fingerprint density at radius 3 is 2.42 bits per heavy atom. The molecule has 1 amide bonds. The number of amides is 1. The molecule has 0 aliphatic rings. The van der Waals surface area contributed by atoms with Crippen molar-refractivity contribution >= 4 is 22.4 Å². The Morgan fingerprint density at radius 2 is 1.75 bits per heavy atom. The van der Waals surface area contributed by atoms with Gasteiger partial charge in [0.2, 0.25) is 11.0 Å². The molecule has 0 fully saturated rings. The van der Waals surface area contributed by atoms with Gasteiger partial charge in [0, 0.05) is 17.4 Å². The smallest absolute Gasteiger partial charge is 0.244 e. The van der Waals surface area contributed by atoms with E-state index in [0.29, 0.717) is 11.6 Å². The average Bonchev–Trinajstić information content (AvgIpc) is 3.09. The number of benzene rings is 2. The van der Waals surface area contributed by atoms with Crippen LogP contribution in [0, 0.1) is 0 Å². The largest absolute Gasteiger partial charge is 0.368 e. The molecule has 0 bridgehead atoms. The fraction of sp³-hybridized carbons (Fsp3) is 0.111. The maximum Gasteiger partial charge on any atom is 0.244 e. The van der Waals surface area contributed by atoms with Gasteiger partial charge in [-0.2, -0.15) is 5.11 Å². The molecule has 0 saturated carbocycles. The molecule has 0 spiro atoms. The number of carbonyl (C=O) groups excluding carboxylic acids is 1. The molecule has 1 heterocycles. The topological polar surface area (TPSA) is 80.7 Å². The molecule has 3 aromatic rings. The van der Waals surface area contributed by atoms with Gasteiger partial charge < -0.3 is 5.73 Å². The van der Waals surface area contributed by atoms with Crippen molar-refractivity contribution in [2.45, 2.75) is 12.5 Å². The van der Waals surface area contributed by atoms with Gasteiger partial charge in [-0.3, -0.25) is 4.79 Å². The molecule has 1 aromatic heterocycles. The zero-order chi connectivity index (χ0) is 16.8. The van der Waals surface area contributed by atoms with Crippen molar-refractivity contribution in [1.29, 1.82) is 0 Å². The maximum absolute atomic E-state index is 11.6. The summed E-state index contributed by atoms with van der Waals surface area (Å²) in [4.78, 5) is 16.0. The van der Waals surface area contributed by atoms with E-state index in [1.807, 2.05) is 66.0 Å². The highest BCUT2D eigenvalue weighted by molar-refractivity contribution is 7.13. The second kappa shape index (κ2) is 7.61. The van der Waals surface area contributed by atoms with Crippen LogP contribution >= 0.6 is 11.3 Å². The van der Waals surface area contributed by atoms with Crippen LogP contribution < -0.4 is 5.73 Å². The van der Waals surface area contributed by atoms with Crippen LogP contribution in [0.4, 0.5) is 5.13 Å². The maximum atomic E-state index is 11.6. The van der Waals surface area contributed by atoms with Crippen LogP contribution in [0.2, 0.25) is 0 Å². The lowest BCUT2D eigenvalue weighted by Gasteiger charge is -2.06. The van der Waals surface area contributed by atoms with Gasteiger partial charge >= 0.3 is 0 Å². The number of azo groups is 1. The van der Waals surface area contributed by atoms with Gasteiger partial charge in [0.05, 0.1) is 5.69 Å². The number of hydrogen-bond donors (Lipinski definition) is 1. The van der Waals surface area contributed by atoms with Gasteiger partial charge in [-0.05, 0) is 5.56 Å². The predicted molar refractivity (Wildman–Crippen MR) is 95.2 cm³/mol. The summed E-state index contributed by atoms with van der Waals surface area (Å²) >= 11 is 1.38. The van der Waals surface area contributed by atoms with Gasteiger partial charge in [-0.15, -0.1) is 16.5 Å². The molecular formula is C18H16N4OS. The molecule has 0 aliphatic carbocycles. The summed E-state index contributed by atoms with van der Waals surface area (Å²) in [6.07, 6.45) is 0.427. The van der Waals surface area contributed by atoms with E-state index in [0.717, 1.165) is 16.8 Å². The highest BCUT2D eigenvalue weighted by atomic mass is 32.1. The first-order chi connectivity index (χ1) is 11.7. The van der Waals surface area contributed by atoms with E-state index in [2.05, 4.69) is 15.2 Å². The fourth-order valence-electron chi connectivity index (χ4n) is 2.21. The minimum atomic E-state index is -0.698. The van der Waals surface area contributed by atoms with E-state index in [1.165, 1.54) is 11.3 Å². The number of carbonyl (C=O) groups is 1. The first-order valence-electron chi connectivity index (χ1n) is 7.47. The summed E-state index contributed by atoms with van der Waals surface area (Å²) < 4.78 is 0. The standard InChI is InChI=1S/C18H16N4OS/c19-17(23)15(11-13-7-3-1-4-8-13)21-22-18-20-16(12-24-18)14-9-5-2-6-10-14/h1-10,12,15H,11H2,(H2,19,23). The molecule has 3 rings (SSSR count). The molecule has 2 aromatic carbocycles. The molecule has 0 saturated heterocycles. The Morgan fingerprint density at radius 1 is 1.08 bits per heavy atom. The van der Waals surface area contributed by atoms with Crippen LogP contribution in [0.25, 0.3) is 11.3 Å². The lowest BCUT2D eigenvalue weighted by atomic mass is 10.1. The zero-order valence-electron chi connectivity index (χ0n) is 12.9. The number of rotatable bonds is 6. The summed E-state index contributed by atoms with van der Waals surface area (Å²) in [5.74, 6) is -0.498. The predicted octanol–water partition coefficient (Wildman–Crippen LogP) is 3.99. The molecule has 1 atom stereocenters. The lowest BCUT2D eigenvalue weighted by molar-refractivity contribution is -0.119. The molecule has 0 radical (unpaired) electrons. The third-order valence-corrected chi connectivity index (χ3v) is 4.17. The molecule has 120 valence electrons. The van der Waals surface area contributed by atoms with E-state index in [4.69, 9.17) is 5.73 Å². The Balaban J connectivity index is 1.73.